The predicted molar refractivity (Wildman–Crippen MR) is 104 cm³/mol. The van der Waals surface area contributed by atoms with E-state index in [2.05, 4.69) is 36.4 Å². The highest BCUT2D eigenvalue weighted by molar-refractivity contribution is 5.43. The fourth-order valence-corrected chi connectivity index (χ4v) is 2.84. The third kappa shape index (κ3) is 7.21. The number of benzene rings is 2. The molecular weight excluding hydrogens is 344 g/mol. The van der Waals surface area contributed by atoms with Crippen molar-refractivity contribution in [3.8, 4) is 11.5 Å². The third-order valence-corrected chi connectivity index (χ3v) is 4.27. The summed E-state index contributed by atoms with van der Waals surface area (Å²) in [6, 6.07) is 16.7. The Labute approximate surface area is 161 Å². The fraction of sp³-hybridized carbons (Fsp3) is 0.455. The molecule has 146 valence electrons. The van der Waals surface area contributed by atoms with Crippen molar-refractivity contribution in [3.05, 3.63) is 59.7 Å². The largest absolute Gasteiger partial charge is 0.487 e. The molecule has 0 saturated carbocycles. The predicted octanol–water partition coefficient (Wildman–Crippen LogP) is 3.29. The summed E-state index contributed by atoms with van der Waals surface area (Å²) < 4.78 is 28.2. The highest BCUT2D eigenvalue weighted by Crippen LogP contribution is 2.29. The van der Waals surface area contributed by atoms with Gasteiger partial charge in [-0.15, -0.1) is 0 Å². The van der Waals surface area contributed by atoms with Gasteiger partial charge in [0.05, 0.1) is 39.6 Å². The Hall–Kier alpha value is -2.08. The van der Waals surface area contributed by atoms with Gasteiger partial charge in [-0.3, -0.25) is 0 Å². The van der Waals surface area contributed by atoms with Crippen LogP contribution in [0.2, 0.25) is 0 Å². The molecule has 1 heterocycles. The minimum Gasteiger partial charge on any atom is -0.487 e. The van der Waals surface area contributed by atoms with E-state index in [0.29, 0.717) is 52.9 Å². The minimum atomic E-state index is 0.481. The maximum atomic E-state index is 5.92. The number of hydrogen-bond donors (Lipinski definition) is 0. The number of ether oxygens (including phenoxy) is 5. The Morgan fingerprint density at radius 1 is 0.519 bits per heavy atom. The van der Waals surface area contributed by atoms with Crippen molar-refractivity contribution in [3.63, 3.8) is 0 Å². The topological polar surface area (TPSA) is 46.2 Å². The van der Waals surface area contributed by atoms with Crippen LogP contribution in [0.1, 0.15) is 11.1 Å². The van der Waals surface area contributed by atoms with Crippen molar-refractivity contribution in [1.82, 2.24) is 0 Å². The molecule has 0 saturated heterocycles. The molecule has 2 aromatic carbocycles. The van der Waals surface area contributed by atoms with Crippen molar-refractivity contribution >= 4 is 0 Å². The van der Waals surface area contributed by atoms with E-state index < -0.39 is 0 Å². The molecule has 0 fully saturated rings. The van der Waals surface area contributed by atoms with Crippen LogP contribution < -0.4 is 9.47 Å². The summed E-state index contributed by atoms with van der Waals surface area (Å²) in [7, 11) is 0. The second-order valence-corrected chi connectivity index (χ2v) is 6.30. The van der Waals surface area contributed by atoms with Crippen molar-refractivity contribution < 1.29 is 23.7 Å². The van der Waals surface area contributed by atoms with E-state index in [1.54, 1.807) is 0 Å². The van der Waals surface area contributed by atoms with Gasteiger partial charge in [0.2, 0.25) is 0 Å². The fourth-order valence-electron chi connectivity index (χ4n) is 2.84. The highest BCUT2D eigenvalue weighted by Gasteiger charge is 2.08. The Morgan fingerprint density at radius 3 is 1.74 bits per heavy atom. The van der Waals surface area contributed by atoms with Gasteiger partial charge >= 0.3 is 0 Å². The molecule has 27 heavy (non-hydrogen) atoms. The van der Waals surface area contributed by atoms with Gasteiger partial charge in [-0.2, -0.15) is 0 Å². The number of rotatable bonds is 3. The maximum Gasteiger partial charge on any atom is 0.161 e. The summed E-state index contributed by atoms with van der Waals surface area (Å²) in [4.78, 5) is 0. The van der Waals surface area contributed by atoms with Crippen LogP contribution in [-0.2, 0) is 27.1 Å². The molecule has 0 N–H and O–H groups in total. The maximum absolute atomic E-state index is 5.92. The van der Waals surface area contributed by atoms with E-state index in [-0.39, 0.29) is 0 Å². The second-order valence-electron chi connectivity index (χ2n) is 6.30. The first-order valence-corrected chi connectivity index (χ1v) is 9.57. The van der Waals surface area contributed by atoms with Gasteiger partial charge in [-0.1, -0.05) is 36.4 Å². The van der Waals surface area contributed by atoms with Gasteiger partial charge in [0.25, 0.3) is 0 Å². The van der Waals surface area contributed by atoms with E-state index in [4.69, 9.17) is 23.7 Å². The lowest BCUT2D eigenvalue weighted by molar-refractivity contribution is 0.00708. The molecule has 1 aliphatic heterocycles. The van der Waals surface area contributed by atoms with Gasteiger partial charge < -0.3 is 23.7 Å². The number of fused-ring (bicyclic) bond motifs is 1. The van der Waals surface area contributed by atoms with E-state index in [9.17, 15) is 0 Å². The molecule has 3 rings (SSSR count). The Kier molecular flexibility index (Phi) is 8.45. The van der Waals surface area contributed by atoms with Crippen molar-refractivity contribution in [2.45, 2.75) is 12.8 Å². The number of hydrogen-bond acceptors (Lipinski definition) is 5. The summed E-state index contributed by atoms with van der Waals surface area (Å²) in [6.07, 6.45) is 1.95. The molecule has 5 nitrogen and oxygen atoms in total. The van der Waals surface area contributed by atoms with Crippen LogP contribution >= 0.6 is 0 Å². The SMILES string of the molecule is c1ccc(CCc2ccc3c(c2)OCCOCCOCCOCCO3)cc1. The van der Waals surface area contributed by atoms with Crippen LogP contribution in [-0.4, -0.2) is 52.9 Å². The van der Waals surface area contributed by atoms with Gasteiger partial charge in [0.1, 0.15) is 13.2 Å². The van der Waals surface area contributed by atoms with E-state index in [1.807, 2.05) is 12.1 Å². The van der Waals surface area contributed by atoms with Crippen LogP contribution in [0.5, 0.6) is 11.5 Å². The molecule has 1 aliphatic rings. The van der Waals surface area contributed by atoms with Gasteiger partial charge in [0.15, 0.2) is 11.5 Å². The summed E-state index contributed by atoms with van der Waals surface area (Å²) in [6.45, 7) is 4.27. The molecule has 0 aliphatic carbocycles. The van der Waals surface area contributed by atoms with Crippen LogP contribution in [0.15, 0.2) is 48.5 Å². The van der Waals surface area contributed by atoms with Crippen molar-refractivity contribution in [2.75, 3.05) is 52.9 Å². The van der Waals surface area contributed by atoms with Crippen molar-refractivity contribution in [1.29, 1.82) is 0 Å². The first-order valence-electron chi connectivity index (χ1n) is 9.57. The summed E-state index contributed by atoms with van der Waals surface area (Å²) >= 11 is 0. The van der Waals surface area contributed by atoms with Crippen LogP contribution in [0.4, 0.5) is 0 Å². The first kappa shape index (κ1) is 19.7. The molecule has 0 unspecified atom stereocenters. The number of aryl methyl sites for hydroxylation is 2. The monoisotopic (exact) mass is 372 g/mol. The highest BCUT2D eigenvalue weighted by atomic mass is 16.6. The Bertz CT molecular complexity index is 659. The third-order valence-electron chi connectivity index (χ3n) is 4.27. The van der Waals surface area contributed by atoms with Crippen LogP contribution in [0, 0.1) is 0 Å². The van der Waals surface area contributed by atoms with Gasteiger partial charge in [0, 0.05) is 0 Å². The summed E-state index contributed by atoms with van der Waals surface area (Å²) in [5.41, 5.74) is 2.56. The molecular formula is C22H28O5. The molecule has 0 bridgehead atoms. The lowest BCUT2D eigenvalue weighted by Crippen LogP contribution is -2.13. The van der Waals surface area contributed by atoms with E-state index in [1.165, 1.54) is 11.1 Å². The smallest absolute Gasteiger partial charge is 0.161 e. The first-order chi connectivity index (χ1) is 13.4. The molecule has 0 atom stereocenters. The standard InChI is InChI=1S/C22H28O5/c1-2-4-19(5-3-1)6-7-20-8-9-21-22(18-20)27-17-15-25-13-11-23-10-12-24-14-16-26-21/h1-5,8-9,18H,6-7,10-17H2. The molecule has 2 aromatic rings. The van der Waals surface area contributed by atoms with Gasteiger partial charge in [-0.05, 0) is 36.1 Å². The molecule has 0 radical (unpaired) electrons. The normalized spacial score (nSPS) is 16.9. The Balaban J connectivity index is 1.61. The summed E-state index contributed by atoms with van der Waals surface area (Å²) in [5, 5.41) is 0. The van der Waals surface area contributed by atoms with Gasteiger partial charge in [-0.25, -0.2) is 0 Å². The zero-order chi connectivity index (χ0) is 18.6. The lowest BCUT2D eigenvalue weighted by atomic mass is 10.0. The zero-order valence-electron chi connectivity index (χ0n) is 15.7. The average molecular weight is 372 g/mol. The Morgan fingerprint density at radius 2 is 1.07 bits per heavy atom. The minimum absolute atomic E-state index is 0.481. The van der Waals surface area contributed by atoms with Crippen LogP contribution in [0.25, 0.3) is 0 Å². The lowest BCUT2D eigenvalue weighted by Gasteiger charge is -2.14. The average Bonchev–Trinajstić information content (AvgIpc) is 2.72. The molecule has 0 aromatic heterocycles. The van der Waals surface area contributed by atoms with E-state index in [0.717, 1.165) is 24.3 Å². The molecule has 0 amide bonds. The zero-order valence-corrected chi connectivity index (χ0v) is 15.7. The second kappa shape index (κ2) is 11.6. The quantitative estimate of drug-likeness (QED) is 0.827. The van der Waals surface area contributed by atoms with Crippen LogP contribution in [0.3, 0.4) is 0 Å². The van der Waals surface area contributed by atoms with Crippen molar-refractivity contribution in [2.24, 2.45) is 0 Å². The molecule has 5 heteroatoms. The summed E-state index contributed by atoms with van der Waals surface area (Å²) in [5.74, 6) is 1.50. The van der Waals surface area contributed by atoms with E-state index >= 15 is 0 Å². The molecule has 0 spiro atoms.